The van der Waals surface area contributed by atoms with Gasteiger partial charge in [-0.15, -0.1) is 5.10 Å². The molecule has 0 aliphatic heterocycles. The minimum Gasteiger partial charge on any atom is -0.325 e. The van der Waals surface area contributed by atoms with Gasteiger partial charge in [0.05, 0.1) is 11.9 Å². The van der Waals surface area contributed by atoms with Crippen molar-refractivity contribution in [3.05, 3.63) is 47.3 Å². The molecule has 19 heavy (non-hydrogen) atoms. The highest BCUT2D eigenvalue weighted by Crippen LogP contribution is 2.13. The molecule has 1 aromatic heterocycles. The van der Waals surface area contributed by atoms with E-state index >= 15 is 0 Å². The van der Waals surface area contributed by atoms with Crippen molar-refractivity contribution in [2.75, 3.05) is 0 Å². The third kappa shape index (κ3) is 3.19. The maximum atomic E-state index is 13.4. The van der Waals surface area contributed by atoms with Gasteiger partial charge in [0.25, 0.3) is 0 Å². The zero-order valence-electron chi connectivity index (χ0n) is 10.0. The van der Waals surface area contributed by atoms with Crippen molar-refractivity contribution in [3.8, 4) is 0 Å². The first-order chi connectivity index (χ1) is 9.10. The van der Waals surface area contributed by atoms with Crippen molar-refractivity contribution in [2.24, 2.45) is 5.73 Å². The third-order valence-corrected chi connectivity index (χ3v) is 2.57. The van der Waals surface area contributed by atoms with Crippen LogP contribution < -0.4 is 5.73 Å². The monoisotopic (exact) mass is 266 g/mol. The van der Waals surface area contributed by atoms with E-state index in [1.807, 2.05) is 0 Å². The fraction of sp³-hybridized carbons (Fsp3) is 0.250. The fourth-order valence-electron chi connectivity index (χ4n) is 1.64. The smallest absolute Gasteiger partial charge is 0.158 e. The quantitative estimate of drug-likeness (QED) is 0.869. The van der Waals surface area contributed by atoms with Crippen LogP contribution in [0, 0.1) is 11.6 Å². The molecule has 0 radical (unpaired) electrons. The van der Waals surface area contributed by atoms with Gasteiger partial charge in [-0.3, -0.25) is 4.79 Å². The second-order valence-corrected chi connectivity index (χ2v) is 4.03. The number of carbonyl (C=O) groups is 1. The van der Waals surface area contributed by atoms with Crippen LogP contribution in [-0.2, 0) is 24.3 Å². The molecule has 100 valence electrons. The summed E-state index contributed by atoms with van der Waals surface area (Å²) in [7, 11) is 0. The van der Waals surface area contributed by atoms with Gasteiger partial charge in [-0.1, -0.05) is 11.3 Å². The molecule has 2 aromatic rings. The lowest BCUT2D eigenvalue weighted by Gasteiger charge is -2.04. The van der Waals surface area contributed by atoms with Crippen LogP contribution in [0.4, 0.5) is 8.78 Å². The highest BCUT2D eigenvalue weighted by atomic mass is 19.1. The summed E-state index contributed by atoms with van der Waals surface area (Å²) in [5.74, 6) is -1.82. The zero-order valence-corrected chi connectivity index (χ0v) is 10.0. The van der Waals surface area contributed by atoms with Crippen LogP contribution in [0.3, 0.4) is 0 Å². The molecule has 1 aromatic carbocycles. The lowest BCUT2D eigenvalue weighted by atomic mass is 10.1. The highest BCUT2D eigenvalue weighted by molar-refractivity contribution is 5.80. The first-order valence-corrected chi connectivity index (χ1v) is 5.64. The second-order valence-electron chi connectivity index (χ2n) is 4.03. The first kappa shape index (κ1) is 13.3. The molecule has 0 amide bonds. The molecule has 7 heteroatoms. The first-order valence-electron chi connectivity index (χ1n) is 5.64. The van der Waals surface area contributed by atoms with Gasteiger partial charge in [0.1, 0.15) is 18.2 Å². The Balaban J connectivity index is 2.05. The molecule has 0 aliphatic carbocycles. The average Bonchev–Trinajstić information content (AvgIpc) is 2.81. The molecule has 5 nitrogen and oxygen atoms in total. The Morgan fingerprint density at radius 1 is 1.32 bits per heavy atom. The van der Waals surface area contributed by atoms with Crippen molar-refractivity contribution < 1.29 is 13.6 Å². The van der Waals surface area contributed by atoms with Crippen LogP contribution in [-0.4, -0.2) is 20.8 Å². The van der Waals surface area contributed by atoms with E-state index in [-0.39, 0.29) is 30.9 Å². The Labute approximate surface area is 108 Å². The van der Waals surface area contributed by atoms with Gasteiger partial charge < -0.3 is 5.73 Å². The predicted molar refractivity (Wildman–Crippen MR) is 63.0 cm³/mol. The van der Waals surface area contributed by atoms with E-state index in [9.17, 15) is 13.6 Å². The summed E-state index contributed by atoms with van der Waals surface area (Å²) in [4.78, 5) is 11.7. The molecule has 0 saturated carbocycles. The van der Waals surface area contributed by atoms with E-state index in [0.717, 1.165) is 12.1 Å². The predicted octanol–water partition coefficient (Wildman–Crippen LogP) is 0.827. The topological polar surface area (TPSA) is 73.8 Å². The minimum absolute atomic E-state index is 0.0965. The van der Waals surface area contributed by atoms with E-state index in [2.05, 4.69) is 10.3 Å². The molecule has 0 saturated heterocycles. The van der Waals surface area contributed by atoms with Gasteiger partial charge in [-0.25, -0.2) is 13.5 Å². The number of rotatable bonds is 5. The number of benzene rings is 1. The Bertz CT molecular complexity index is 577. The van der Waals surface area contributed by atoms with E-state index in [1.165, 1.54) is 16.9 Å². The third-order valence-electron chi connectivity index (χ3n) is 2.57. The van der Waals surface area contributed by atoms with E-state index in [4.69, 9.17) is 5.73 Å². The van der Waals surface area contributed by atoms with Gasteiger partial charge in [0.15, 0.2) is 5.78 Å². The molecule has 1 heterocycles. The van der Waals surface area contributed by atoms with Crippen LogP contribution in [0.5, 0.6) is 0 Å². The molecule has 0 bridgehead atoms. The molecular formula is C12H12F2N4O. The summed E-state index contributed by atoms with van der Waals surface area (Å²) in [6.07, 6.45) is 1.20. The van der Waals surface area contributed by atoms with Crippen molar-refractivity contribution in [1.29, 1.82) is 0 Å². The molecule has 2 rings (SSSR count). The summed E-state index contributed by atoms with van der Waals surface area (Å²) in [5, 5.41) is 7.41. The van der Waals surface area contributed by atoms with Gasteiger partial charge in [0.2, 0.25) is 0 Å². The number of carbonyl (C=O) groups excluding carboxylic acids is 1. The molecule has 0 aliphatic rings. The maximum absolute atomic E-state index is 13.4. The Hall–Kier alpha value is -2.15. The van der Waals surface area contributed by atoms with E-state index < -0.39 is 11.6 Å². The number of Topliss-reactive ketones (excluding diaryl/α,β-unsaturated/α-hetero) is 1. The lowest BCUT2D eigenvalue weighted by Crippen LogP contribution is -2.14. The van der Waals surface area contributed by atoms with Crippen molar-refractivity contribution in [2.45, 2.75) is 19.5 Å². The van der Waals surface area contributed by atoms with Crippen LogP contribution in [0.2, 0.25) is 0 Å². The molecule has 0 fully saturated rings. The zero-order chi connectivity index (χ0) is 13.8. The lowest BCUT2D eigenvalue weighted by molar-refractivity contribution is -0.119. The van der Waals surface area contributed by atoms with E-state index in [1.54, 1.807) is 0 Å². The van der Waals surface area contributed by atoms with Gasteiger partial charge in [-0.05, 0) is 12.1 Å². The SMILES string of the molecule is NCc1cn(CC(=O)Cc2c(F)cccc2F)nn1. The summed E-state index contributed by atoms with van der Waals surface area (Å²) in [6, 6.07) is 3.49. The normalized spacial score (nSPS) is 10.7. The van der Waals surface area contributed by atoms with Crippen LogP contribution in [0.15, 0.2) is 24.4 Å². The number of hydrogen-bond donors (Lipinski definition) is 1. The van der Waals surface area contributed by atoms with Crippen LogP contribution >= 0.6 is 0 Å². The van der Waals surface area contributed by atoms with Crippen molar-refractivity contribution in [1.82, 2.24) is 15.0 Å². The van der Waals surface area contributed by atoms with Gasteiger partial charge in [-0.2, -0.15) is 0 Å². The van der Waals surface area contributed by atoms with Crippen molar-refractivity contribution >= 4 is 5.78 Å². The average molecular weight is 266 g/mol. The number of nitrogens with two attached hydrogens (primary N) is 1. The number of halogens is 2. The van der Waals surface area contributed by atoms with Crippen molar-refractivity contribution in [3.63, 3.8) is 0 Å². The second kappa shape index (κ2) is 5.66. The maximum Gasteiger partial charge on any atom is 0.158 e. The van der Waals surface area contributed by atoms with Gasteiger partial charge in [0, 0.05) is 18.5 Å². The molecule has 0 atom stereocenters. The Morgan fingerprint density at radius 3 is 2.58 bits per heavy atom. The van der Waals surface area contributed by atoms with E-state index in [0.29, 0.717) is 5.69 Å². The molecule has 0 unspecified atom stereocenters. The fourth-order valence-corrected chi connectivity index (χ4v) is 1.64. The highest BCUT2D eigenvalue weighted by Gasteiger charge is 2.14. The minimum atomic E-state index is -0.727. The summed E-state index contributed by atoms with van der Waals surface area (Å²) >= 11 is 0. The number of hydrogen-bond acceptors (Lipinski definition) is 4. The molecule has 2 N–H and O–H groups in total. The summed E-state index contributed by atoms with van der Waals surface area (Å²) in [6.45, 7) is 0.122. The Morgan fingerprint density at radius 2 is 2.00 bits per heavy atom. The summed E-state index contributed by atoms with van der Waals surface area (Å²) < 4.78 is 28.0. The number of aromatic nitrogens is 3. The molecule has 0 spiro atoms. The Kier molecular flexibility index (Phi) is 3.96. The number of ketones is 1. The standard InChI is InChI=1S/C12H12F2N4O/c13-11-2-1-3-12(14)10(11)4-9(19)7-18-6-8(5-15)16-17-18/h1-3,6H,4-5,7,15H2. The van der Waals surface area contributed by atoms with Crippen LogP contribution in [0.25, 0.3) is 0 Å². The molecular weight excluding hydrogens is 254 g/mol. The van der Waals surface area contributed by atoms with Crippen LogP contribution in [0.1, 0.15) is 11.3 Å². The van der Waals surface area contributed by atoms with Gasteiger partial charge >= 0.3 is 0 Å². The number of nitrogens with zero attached hydrogens (tertiary/aromatic N) is 3. The summed E-state index contributed by atoms with van der Waals surface area (Å²) in [5.41, 5.74) is 5.67. The largest absolute Gasteiger partial charge is 0.325 e.